The van der Waals surface area contributed by atoms with Gasteiger partial charge >= 0.3 is 0 Å². The number of H-pyrrole nitrogens is 1. The molecule has 1 unspecified atom stereocenters. The molecule has 2 aliphatic heterocycles. The Bertz CT molecular complexity index is 1360. The van der Waals surface area contributed by atoms with E-state index in [-0.39, 0.29) is 11.7 Å². The van der Waals surface area contributed by atoms with Gasteiger partial charge in [0, 0.05) is 55.4 Å². The molecule has 38 heavy (non-hydrogen) atoms. The molecular weight excluding hydrogens is 482 g/mol. The second-order valence-corrected chi connectivity index (χ2v) is 10.1. The third-order valence-corrected chi connectivity index (χ3v) is 7.17. The summed E-state index contributed by atoms with van der Waals surface area (Å²) in [5.74, 6) is 0.0485. The molecule has 4 heterocycles. The van der Waals surface area contributed by atoms with E-state index in [1.807, 2.05) is 38.1 Å². The third-order valence-electron chi connectivity index (χ3n) is 7.17. The van der Waals surface area contributed by atoms with Gasteiger partial charge in [-0.1, -0.05) is 0 Å². The molecule has 2 aliphatic rings. The number of piperazine rings is 1. The number of benzene rings is 1. The van der Waals surface area contributed by atoms with Crippen molar-refractivity contribution in [2.75, 3.05) is 53.6 Å². The predicted molar refractivity (Wildman–Crippen MR) is 151 cm³/mol. The summed E-state index contributed by atoms with van der Waals surface area (Å²) in [4.78, 5) is 37.8. The molecule has 1 aromatic carbocycles. The van der Waals surface area contributed by atoms with Crippen LogP contribution in [0.4, 0.5) is 28.4 Å². The van der Waals surface area contributed by atoms with Crippen LogP contribution in [-0.2, 0) is 0 Å². The number of pyridine rings is 2. The van der Waals surface area contributed by atoms with Gasteiger partial charge in [0.25, 0.3) is 11.5 Å². The van der Waals surface area contributed by atoms with Crippen LogP contribution in [0.25, 0.3) is 0 Å². The molecule has 0 radical (unpaired) electrons. The van der Waals surface area contributed by atoms with Crippen LogP contribution < -0.4 is 31.1 Å². The standard InChI is InChI=1S/C28H35N7O3/c1-17(2)34-11-13-35(14-12-34)21-7-5-20(6-8-21)32-27(37)24-22(9-10-29-26(24)36)33-23-16-31-28-25(19(23)4)30-15-18(3)38-28/h5-10,16-18,30H,11-15H2,1-4H3,(H,32,37)(H2,29,33,36). The molecule has 1 fully saturated rings. The van der Waals surface area contributed by atoms with E-state index in [1.165, 1.54) is 6.20 Å². The molecule has 0 bridgehead atoms. The van der Waals surface area contributed by atoms with Crippen molar-refractivity contribution < 1.29 is 9.53 Å². The van der Waals surface area contributed by atoms with Gasteiger partial charge in [-0.3, -0.25) is 14.5 Å². The minimum Gasteiger partial charge on any atom is -0.471 e. The molecule has 1 saturated heterocycles. The number of nitrogens with one attached hydrogen (secondary N) is 4. The highest BCUT2D eigenvalue weighted by molar-refractivity contribution is 6.08. The van der Waals surface area contributed by atoms with Gasteiger partial charge in [0.1, 0.15) is 17.4 Å². The van der Waals surface area contributed by atoms with E-state index >= 15 is 0 Å². The Balaban J connectivity index is 1.30. The molecule has 0 saturated carbocycles. The number of fused-ring (bicyclic) bond motifs is 1. The fourth-order valence-corrected chi connectivity index (χ4v) is 4.88. The lowest BCUT2D eigenvalue weighted by molar-refractivity contribution is 0.102. The van der Waals surface area contributed by atoms with Crippen molar-refractivity contribution >= 4 is 34.3 Å². The number of carbonyl (C=O) groups excluding carboxylic acids is 1. The van der Waals surface area contributed by atoms with Crippen LogP contribution in [0.15, 0.2) is 47.5 Å². The number of aromatic amines is 1. The number of nitrogens with zero attached hydrogens (tertiary/aromatic N) is 3. The average molecular weight is 518 g/mol. The van der Waals surface area contributed by atoms with Gasteiger partial charge in [-0.05, 0) is 58.0 Å². The summed E-state index contributed by atoms with van der Waals surface area (Å²) in [6.45, 7) is 13.0. The summed E-state index contributed by atoms with van der Waals surface area (Å²) in [6.07, 6.45) is 3.19. The van der Waals surface area contributed by atoms with Gasteiger partial charge in [0.05, 0.1) is 24.1 Å². The Morgan fingerprint density at radius 2 is 1.84 bits per heavy atom. The molecule has 10 nitrogen and oxygen atoms in total. The Hall–Kier alpha value is -4.05. The van der Waals surface area contributed by atoms with Crippen LogP contribution in [0, 0.1) is 6.92 Å². The average Bonchev–Trinajstić information content (AvgIpc) is 2.91. The molecule has 3 aromatic rings. The maximum absolute atomic E-state index is 13.3. The minimum absolute atomic E-state index is 0.00339. The maximum Gasteiger partial charge on any atom is 0.263 e. The first-order valence-corrected chi connectivity index (χ1v) is 13.1. The monoisotopic (exact) mass is 517 g/mol. The quantitative estimate of drug-likeness (QED) is 0.391. The van der Waals surface area contributed by atoms with Gasteiger partial charge < -0.3 is 30.6 Å². The molecule has 10 heteroatoms. The molecule has 0 aliphatic carbocycles. The molecule has 0 spiro atoms. The van der Waals surface area contributed by atoms with E-state index in [2.05, 4.69) is 49.6 Å². The molecule has 5 rings (SSSR count). The lowest BCUT2D eigenvalue weighted by Gasteiger charge is -2.38. The van der Waals surface area contributed by atoms with Crippen LogP contribution in [0.1, 0.15) is 36.7 Å². The van der Waals surface area contributed by atoms with E-state index < -0.39 is 11.5 Å². The summed E-state index contributed by atoms with van der Waals surface area (Å²) >= 11 is 0. The number of carbonyl (C=O) groups is 1. The Morgan fingerprint density at radius 3 is 2.55 bits per heavy atom. The number of aromatic nitrogens is 2. The van der Waals surface area contributed by atoms with Gasteiger partial charge in [-0.2, -0.15) is 0 Å². The fraction of sp³-hybridized carbons (Fsp3) is 0.393. The number of ether oxygens (including phenoxy) is 1. The molecule has 1 amide bonds. The van der Waals surface area contributed by atoms with Crippen molar-refractivity contribution in [1.82, 2.24) is 14.9 Å². The van der Waals surface area contributed by atoms with E-state index in [4.69, 9.17) is 4.74 Å². The second kappa shape index (κ2) is 10.7. The molecule has 4 N–H and O–H groups in total. The van der Waals surface area contributed by atoms with Crippen LogP contribution >= 0.6 is 0 Å². The van der Waals surface area contributed by atoms with Gasteiger partial charge in [0.15, 0.2) is 0 Å². The van der Waals surface area contributed by atoms with Crippen LogP contribution in [0.2, 0.25) is 0 Å². The Kier molecular flexibility index (Phi) is 7.24. The Labute approximate surface area is 222 Å². The number of rotatable bonds is 6. The number of hydrogen-bond donors (Lipinski definition) is 4. The molecule has 2 aromatic heterocycles. The first-order chi connectivity index (χ1) is 18.3. The Morgan fingerprint density at radius 1 is 1.11 bits per heavy atom. The highest BCUT2D eigenvalue weighted by atomic mass is 16.5. The summed E-state index contributed by atoms with van der Waals surface area (Å²) in [7, 11) is 0. The molecule has 1 atom stereocenters. The summed E-state index contributed by atoms with van der Waals surface area (Å²) in [5, 5.41) is 9.44. The van der Waals surface area contributed by atoms with E-state index in [1.54, 1.807) is 12.3 Å². The lowest BCUT2D eigenvalue weighted by Crippen LogP contribution is -2.48. The largest absolute Gasteiger partial charge is 0.471 e. The number of anilines is 5. The number of hydrogen-bond acceptors (Lipinski definition) is 8. The first-order valence-electron chi connectivity index (χ1n) is 13.1. The zero-order valence-corrected chi connectivity index (χ0v) is 22.3. The van der Waals surface area contributed by atoms with Crippen molar-refractivity contribution in [3.05, 3.63) is 64.2 Å². The zero-order valence-electron chi connectivity index (χ0n) is 22.3. The topological polar surface area (TPSA) is 115 Å². The van der Waals surface area contributed by atoms with Crippen molar-refractivity contribution in [3.63, 3.8) is 0 Å². The van der Waals surface area contributed by atoms with Gasteiger partial charge in [0.2, 0.25) is 5.88 Å². The zero-order chi connectivity index (χ0) is 26.8. The summed E-state index contributed by atoms with van der Waals surface area (Å²) in [6, 6.07) is 9.98. The fourth-order valence-electron chi connectivity index (χ4n) is 4.88. The van der Waals surface area contributed by atoms with E-state index in [0.717, 1.165) is 43.1 Å². The number of amides is 1. The smallest absolute Gasteiger partial charge is 0.263 e. The predicted octanol–water partition coefficient (Wildman–Crippen LogP) is 3.80. The highest BCUT2D eigenvalue weighted by Gasteiger charge is 2.23. The first kappa shape index (κ1) is 25.6. The van der Waals surface area contributed by atoms with Crippen molar-refractivity contribution in [1.29, 1.82) is 0 Å². The minimum atomic E-state index is -0.494. The van der Waals surface area contributed by atoms with Crippen LogP contribution in [0.5, 0.6) is 5.88 Å². The molecule has 200 valence electrons. The van der Waals surface area contributed by atoms with Crippen LogP contribution in [-0.4, -0.2) is 65.6 Å². The molecular formula is C28H35N7O3. The maximum atomic E-state index is 13.3. The second-order valence-electron chi connectivity index (χ2n) is 10.1. The third kappa shape index (κ3) is 5.31. The van der Waals surface area contributed by atoms with Crippen molar-refractivity contribution in [2.45, 2.75) is 39.8 Å². The van der Waals surface area contributed by atoms with Crippen molar-refractivity contribution in [2.24, 2.45) is 0 Å². The van der Waals surface area contributed by atoms with E-state index in [9.17, 15) is 9.59 Å². The van der Waals surface area contributed by atoms with Gasteiger partial charge in [-0.25, -0.2) is 4.98 Å². The highest BCUT2D eigenvalue weighted by Crippen LogP contribution is 2.35. The van der Waals surface area contributed by atoms with Gasteiger partial charge in [-0.15, -0.1) is 0 Å². The summed E-state index contributed by atoms with van der Waals surface area (Å²) < 4.78 is 5.80. The normalized spacial score (nSPS) is 17.4. The summed E-state index contributed by atoms with van der Waals surface area (Å²) in [5.41, 5.74) is 4.01. The lowest BCUT2D eigenvalue weighted by atomic mass is 10.1. The van der Waals surface area contributed by atoms with Crippen LogP contribution in [0.3, 0.4) is 0 Å². The SMILES string of the molecule is Cc1c(Nc2cc[nH]c(=O)c2C(=O)Nc2ccc(N3CCN(C(C)C)CC3)cc2)cnc2c1NCC(C)O2. The van der Waals surface area contributed by atoms with E-state index in [0.29, 0.717) is 35.5 Å². The van der Waals surface area contributed by atoms with Crippen molar-refractivity contribution in [3.8, 4) is 5.88 Å².